The summed E-state index contributed by atoms with van der Waals surface area (Å²) in [6, 6.07) is 49.3. The first kappa shape index (κ1) is 29.0. The predicted molar refractivity (Wildman–Crippen MR) is 205 cm³/mol. The van der Waals surface area contributed by atoms with Gasteiger partial charge in [0.15, 0.2) is 0 Å². The Balaban J connectivity index is 1.45. The summed E-state index contributed by atoms with van der Waals surface area (Å²) in [5.41, 5.74) is 9.39. The van der Waals surface area contributed by atoms with E-state index in [1.165, 1.54) is 37.9 Å². The minimum absolute atomic E-state index is 0.517. The summed E-state index contributed by atoms with van der Waals surface area (Å²) < 4.78 is 0. The van der Waals surface area contributed by atoms with Crippen LogP contribution in [0.2, 0.25) is 0 Å². The average Bonchev–Trinajstić information content (AvgIpc) is 3.20. The van der Waals surface area contributed by atoms with Gasteiger partial charge in [-0.2, -0.15) is 5.26 Å². The molecule has 7 aromatic carbocycles. The van der Waals surface area contributed by atoms with Gasteiger partial charge in [-0.15, -0.1) is 0 Å². The maximum absolute atomic E-state index is 9.59. The lowest BCUT2D eigenvalue weighted by atomic mass is 9.81. The smallest absolute Gasteiger partial charge is 0.205 e. The first-order valence-corrected chi connectivity index (χ1v) is 16.4. The molecule has 0 aliphatic carbocycles. The summed E-state index contributed by atoms with van der Waals surface area (Å²) in [6.07, 6.45) is 6.84. The molecule has 0 saturated heterocycles. The van der Waals surface area contributed by atoms with Crippen molar-refractivity contribution >= 4 is 48.8 Å². The van der Waals surface area contributed by atoms with E-state index in [4.69, 9.17) is 6.57 Å². The Kier molecular flexibility index (Phi) is 6.87. The SMILES string of the molecule is [C-]#[N+]c1cncc(-c2cccc(-c3c4ccccc4c(-c4cccc(-c5cncc(C#N)c5)c4)c4c5ccccc5c5ccccc5c34)c2)c1. The molecule has 50 heavy (non-hydrogen) atoms. The molecule has 0 spiro atoms. The first-order valence-electron chi connectivity index (χ1n) is 16.4. The lowest BCUT2D eigenvalue weighted by Crippen LogP contribution is -1.94. The van der Waals surface area contributed by atoms with E-state index in [1.54, 1.807) is 12.4 Å². The van der Waals surface area contributed by atoms with Crippen molar-refractivity contribution in [3.05, 3.63) is 175 Å². The van der Waals surface area contributed by atoms with E-state index in [0.717, 1.165) is 49.7 Å². The highest BCUT2D eigenvalue weighted by molar-refractivity contribution is 6.36. The molecule has 0 bridgehead atoms. The van der Waals surface area contributed by atoms with Gasteiger partial charge in [0.25, 0.3) is 0 Å². The Morgan fingerprint density at radius 3 is 1.42 bits per heavy atom. The number of hydrogen-bond donors (Lipinski definition) is 0. The topological polar surface area (TPSA) is 53.9 Å². The maximum Gasteiger partial charge on any atom is 0.205 e. The standard InChI is InChI=1S/C46H26N4/c1-48-36-23-35(27-50-28-36)31-11-9-13-33(22-31)44-42-19-7-6-18-41(42)43(32-12-8-10-30(21-32)34-20-29(24-47)25-49-26-34)45-39-16-4-2-14-37(39)38-15-3-5-17-40(38)46(44)45/h2-23,25-28H. The molecule has 0 amide bonds. The molecule has 0 atom stereocenters. The molecule has 9 aromatic rings. The van der Waals surface area contributed by atoms with Gasteiger partial charge in [-0.3, -0.25) is 9.97 Å². The summed E-state index contributed by atoms with van der Waals surface area (Å²) in [5, 5.41) is 19.1. The van der Waals surface area contributed by atoms with E-state index in [1.807, 2.05) is 24.5 Å². The van der Waals surface area contributed by atoms with Crippen LogP contribution in [-0.2, 0) is 0 Å². The van der Waals surface area contributed by atoms with Crippen molar-refractivity contribution < 1.29 is 0 Å². The fourth-order valence-corrected chi connectivity index (χ4v) is 7.46. The van der Waals surface area contributed by atoms with Gasteiger partial charge in [0.2, 0.25) is 5.69 Å². The van der Waals surface area contributed by atoms with Gasteiger partial charge < -0.3 is 0 Å². The Morgan fingerprint density at radius 2 is 0.900 bits per heavy atom. The Morgan fingerprint density at radius 1 is 0.440 bits per heavy atom. The van der Waals surface area contributed by atoms with Crippen molar-refractivity contribution in [3.63, 3.8) is 0 Å². The summed E-state index contributed by atoms with van der Waals surface area (Å²) >= 11 is 0. The summed E-state index contributed by atoms with van der Waals surface area (Å²) in [6.45, 7) is 7.54. The van der Waals surface area contributed by atoms with Crippen molar-refractivity contribution in [3.8, 4) is 50.6 Å². The van der Waals surface area contributed by atoms with Gasteiger partial charge in [0.1, 0.15) is 6.07 Å². The monoisotopic (exact) mass is 634 g/mol. The molecule has 4 nitrogen and oxygen atoms in total. The molecule has 0 saturated carbocycles. The van der Waals surface area contributed by atoms with Gasteiger partial charge in [-0.25, -0.2) is 4.85 Å². The molecule has 2 aromatic heterocycles. The van der Waals surface area contributed by atoms with Crippen molar-refractivity contribution in [2.75, 3.05) is 0 Å². The maximum atomic E-state index is 9.59. The van der Waals surface area contributed by atoms with Crippen LogP contribution in [0.1, 0.15) is 5.56 Å². The number of fused-ring (bicyclic) bond motifs is 7. The van der Waals surface area contributed by atoms with Gasteiger partial charge >= 0.3 is 0 Å². The molecule has 0 radical (unpaired) electrons. The van der Waals surface area contributed by atoms with Crippen molar-refractivity contribution in [1.29, 1.82) is 5.26 Å². The normalized spacial score (nSPS) is 11.2. The molecule has 9 rings (SSSR count). The molecule has 0 unspecified atom stereocenters. The molecular formula is C46H26N4. The molecule has 0 fully saturated rings. The highest BCUT2D eigenvalue weighted by Gasteiger charge is 2.22. The summed E-state index contributed by atoms with van der Waals surface area (Å²) in [4.78, 5) is 12.3. The van der Waals surface area contributed by atoms with Crippen LogP contribution in [0.5, 0.6) is 0 Å². The van der Waals surface area contributed by atoms with E-state index in [9.17, 15) is 5.26 Å². The number of benzene rings is 7. The molecule has 0 aliphatic rings. The van der Waals surface area contributed by atoms with Crippen molar-refractivity contribution in [1.82, 2.24) is 9.97 Å². The second-order valence-corrected chi connectivity index (χ2v) is 12.4. The van der Waals surface area contributed by atoms with Crippen LogP contribution in [0.4, 0.5) is 5.69 Å². The zero-order chi connectivity index (χ0) is 33.6. The average molecular weight is 635 g/mol. The third kappa shape index (κ3) is 4.67. The van der Waals surface area contributed by atoms with Crippen LogP contribution in [0.25, 0.3) is 92.4 Å². The van der Waals surface area contributed by atoms with E-state index in [0.29, 0.717) is 11.3 Å². The highest BCUT2D eigenvalue weighted by atomic mass is 14.7. The van der Waals surface area contributed by atoms with Gasteiger partial charge in [-0.05, 0) is 106 Å². The lowest BCUT2D eigenvalue weighted by molar-refractivity contribution is 1.30. The lowest BCUT2D eigenvalue weighted by Gasteiger charge is -2.22. The number of nitriles is 1. The summed E-state index contributed by atoms with van der Waals surface area (Å²) in [7, 11) is 0. The third-order valence-electron chi connectivity index (χ3n) is 9.59. The number of hydrogen-bond acceptors (Lipinski definition) is 3. The second kappa shape index (κ2) is 11.8. The molecule has 0 aliphatic heterocycles. The Bertz CT molecular complexity index is 2710. The Hall–Kier alpha value is -7.14. The zero-order valence-electron chi connectivity index (χ0n) is 26.8. The third-order valence-corrected chi connectivity index (χ3v) is 9.59. The number of rotatable bonds is 4. The molecule has 2 heterocycles. The number of pyridine rings is 2. The quantitative estimate of drug-likeness (QED) is 0.110. The van der Waals surface area contributed by atoms with E-state index in [2.05, 4.69) is 142 Å². The van der Waals surface area contributed by atoms with Crippen LogP contribution in [0.15, 0.2) is 158 Å². The van der Waals surface area contributed by atoms with Crippen LogP contribution in [0, 0.1) is 17.9 Å². The molecule has 230 valence electrons. The predicted octanol–water partition coefficient (Wildman–Crippen LogP) is 12.2. The van der Waals surface area contributed by atoms with E-state index < -0.39 is 0 Å². The fraction of sp³-hybridized carbons (Fsp3) is 0. The van der Waals surface area contributed by atoms with Crippen molar-refractivity contribution in [2.24, 2.45) is 0 Å². The zero-order valence-corrected chi connectivity index (χ0v) is 26.8. The van der Waals surface area contributed by atoms with Crippen molar-refractivity contribution in [2.45, 2.75) is 0 Å². The fourth-order valence-electron chi connectivity index (χ4n) is 7.46. The van der Waals surface area contributed by atoms with Crippen LogP contribution in [-0.4, -0.2) is 9.97 Å². The Labute approximate surface area is 289 Å². The first-order chi connectivity index (χ1) is 24.7. The van der Waals surface area contributed by atoms with E-state index in [-0.39, 0.29) is 0 Å². The molecule has 0 N–H and O–H groups in total. The van der Waals surface area contributed by atoms with Crippen LogP contribution >= 0.6 is 0 Å². The summed E-state index contributed by atoms with van der Waals surface area (Å²) in [5.74, 6) is 0. The molecular weight excluding hydrogens is 609 g/mol. The van der Waals surface area contributed by atoms with Crippen LogP contribution < -0.4 is 0 Å². The largest absolute Gasteiger partial charge is 0.276 e. The highest BCUT2D eigenvalue weighted by Crippen LogP contribution is 2.50. The number of aromatic nitrogens is 2. The van der Waals surface area contributed by atoms with Crippen LogP contribution in [0.3, 0.4) is 0 Å². The van der Waals surface area contributed by atoms with E-state index >= 15 is 0 Å². The minimum Gasteiger partial charge on any atom is -0.276 e. The number of nitrogens with zero attached hydrogens (tertiary/aromatic N) is 4. The van der Waals surface area contributed by atoms with Gasteiger partial charge in [-0.1, -0.05) is 109 Å². The molecule has 4 heteroatoms. The van der Waals surface area contributed by atoms with Gasteiger partial charge in [0.05, 0.1) is 12.1 Å². The minimum atomic E-state index is 0.517. The second-order valence-electron chi connectivity index (χ2n) is 12.4. The van der Waals surface area contributed by atoms with Gasteiger partial charge in [0, 0.05) is 30.4 Å².